The van der Waals surface area contributed by atoms with Crippen LogP contribution in [0.1, 0.15) is 26.4 Å². The number of para-hydroxylation sites is 2. The molecule has 10 nitrogen and oxygen atoms in total. The Bertz CT molecular complexity index is 1680. The second-order valence-corrected chi connectivity index (χ2v) is 9.74. The highest BCUT2D eigenvalue weighted by atomic mass is 32.2. The standard InChI is InChI=1S/C29H21N5O5S/c30-14-21(29(39)32-17-8-3-1-4-9-17)26(37)24-22-16-40-27-19(12-7-13-20(27)28(38)31-15-23(35)36)25(22)34(33-24)18-10-5-2-6-11-18/h1-13,21H,15-16H2,(H,31,38)(H,32,39)(H,35,36). The maximum atomic E-state index is 13.7. The number of hydrogen-bond acceptors (Lipinski definition) is 7. The molecule has 3 aromatic carbocycles. The zero-order valence-electron chi connectivity index (χ0n) is 20.8. The van der Waals surface area contributed by atoms with Gasteiger partial charge >= 0.3 is 5.97 Å². The summed E-state index contributed by atoms with van der Waals surface area (Å²) in [4.78, 5) is 51.0. The van der Waals surface area contributed by atoms with E-state index in [0.717, 1.165) is 0 Å². The number of aromatic nitrogens is 2. The molecule has 0 fully saturated rings. The third-order valence-electron chi connectivity index (χ3n) is 6.19. The highest BCUT2D eigenvalue weighted by Crippen LogP contribution is 2.45. The highest BCUT2D eigenvalue weighted by Gasteiger charge is 2.36. The van der Waals surface area contributed by atoms with E-state index in [2.05, 4.69) is 15.7 Å². The summed E-state index contributed by atoms with van der Waals surface area (Å²) < 4.78 is 1.57. The van der Waals surface area contributed by atoms with Gasteiger partial charge in [0.15, 0.2) is 5.92 Å². The molecule has 198 valence electrons. The predicted octanol–water partition coefficient (Wildman–Crippen LogP) is 3.92. The van der Waals surface area contributed by atoms with Crippen molar-refractivity contribution in [2.24, 2.45) is 5.92 Å². The van der Waals surface area contributed by atoms with Crippen molar-refractivity contribution in [3.05, 3.63) is 95.7 Å². The monoisotopic (exact) mass is 551 g/mol. The number of carboxylic acids is 1. The van der Waals surface area contributed by atoms with Gasteiger partial charge in [0.2, 0.25) is 11.7 Å². The number of carbonyl (C=O) groups excluding carboxylic acids is 3. The van der Waals surface area contributed by atoms with Crippen molar-refractivity contribution in [3.8, 4) is 23.0 Å². The molecule has 1 aromatic heterocycles. The summed E-state index contributed by atoms with van der Waals surface area (Å²) in [6.45, 7) is -0.528. The third kappa shape index (κ3) is 5.08. The Kier molecular flexibility index (Phi) is 7.43. The average Bonchev–Trinajstić information content (AvgIpc) is 3.37. The van der Waals surface area contributed by atoms with E-state index < -0.39 is 36.0 Å². The molecule has 0 bridgehead atoms. The van der Waals surface area contributed by atoms with Crippen LogP contribution in [0.25, 0.3) is 16.9 Å². The van der Waals surface area contributed by atoms with Crippen molar-refractivity contribution in [2.45, 2.75) is 10.6 Å². The molecule has 1 aliphatic heterocycles. The van der Waals surface area contributed by atoms with Crippen molar-refractivity contribution in [2.75, 3.05) is 11.9 Å². The van der Waals surface area contributed by atoms with Gasteiger partial charge in [-0.3, -0.25) is 19.2 Å². The van der Waals surface area contributed by atoms with Crippen LogP contribution in [0.3, 0.4) is 0 Å². The van der Waals surface area contributed by atoms with E-state index in [4.69, 9.17) is 5.11 Å². The van der Waals surface area contributed by atoms with Gasteiger partial charge in [0.25, 0.3) is 5.91 Å². The molecule has 0 saturated carbocycles. The Morgan fingerprint density at radius 2 is 1.70 bits per heavy atom. The molecular weight excluding hydrogens is 530 g/mol. The number of nitrogens with zero attached hydrogens (tertiary/aromatic N) is 3. The number of fused-ring (bicyclic) bond motifs is 3. The molecule has 40 heavy (non-hydrogen) atoms. The molecule has 2 heterocycles. The predicted molar refractivity (Wildman–Crippen MR) is 147 cm³/mol. The quantitative estimate of drug-likeness (QED) is 0.220. The minimum atomic E-state index is -1.64. The van der Waals surface area contributed by atoms with Crippen LogP contribution in [0.4, 0.5) is 5.69 Å². The van der Waals surface area contributed by atoms with Gasteiger partial charge in [-0.25, -0.2) is 4.68 Å². The van der Waals surface area contributed by atoms with E-state index in [-0.39, 0.29) is 11.4 Å². The molecule has 0 aliphatic carbocycles. The highest BCUT2D eigenvalue weighted by molar-refractivity contribution is 7.98. The van der Waals surface area contributed by atoms with Crippen LogP contribution in [-0.4, -0.2) is 45.0 Å². The number of carboxylic acid groups (broad SMARTS) is 1. The summed E-state index contributed by atoms with van der Waals surface area (Å²) in [5.74, 6) is -4.61. The normalized spacial score (nSPS) is 12.3. The summed E-state index contributed by atoms with van der Waals surface area (Å²) >= 11 is 1.29. The number of anilines is 1. The molecule has 1 unspecified atom stereocenters. The number of rotatable bonds is 8. The molecule has 1 atom stereocenters. The lowest BCUT2D eigenvalue weighted by molar-refractivity contribution is -0.135. The van der Waals surface area contributed by atoms with E-state index in [0.29, 0.717) is 38.7 Å². The molecule has 1 aliphatic rings. The topological polar surface area (TPSA) is 154 Å². The fourth-order valence-corrected chi connectivity index (χ4v) is 5.58. The van der Waals surface area contributed by atoms with Gasteiger partial charge in [0.1, 0.15) is 12.2 Å². The van der Waals surface area contributed by atoms with E-state index in [1.807, 2.05) is 24.3 Å². The largest absolute Gasteiger partial charge is 0.480 e. The van der Waals surface area contributed by atoms with Gasteiger partial charge in [-0.05, 0) is 30.3 Å². The van der Waals surface area contributed by atoms with Gasteiger partial charge < -0.3 is 15.7 Å². The van der Waals surface area contributed by atoms with E-state index in [9.17, 15) is 24.4 Å². The molecule has 0 saturated heterocycles. The zero-order valence-corrected chi connectivity index (χ0v) is 21.6. The zero-order chi connectivity index (χ0) is 28.2. The van der Waals surface area contributed by atoms with Crippen molar-refractivity contribution in [1.29, 1.82) is 5.26 Å². The fraction of sp³-hybridized carbons (Fsp3) is 0.103. The van der Waals surface area contributed by atoms with Crippen molar-refractivity contribution < 1.29 is 24.3 Å². The Hall–Kier alpha value is -5.21. The van der Waals surface area contributed by atoms with Crippen LogP contribution in [0.2, 0.25) is 0 Å². The number of carbonyl (C=O) groups is 4. The van der Waals surface area contributed by atoms with Gasteiger partial charge in [0, 0.05) is 27.5 Å². The molecule has 2 amide bonds. The first kappa shape index (κ1) is 26.4. The third-order valence-corrected chi connectivity index (χ3v) is 7.35. The fourth-order valence-electron chi connectivity index (χ4n) is 4.38. The summed E-state index contributed by atoms with van der Waals surface area (Å²) in [6, 6.07) is 24.5. The summed E-state index contributed by atoms with van der Waals surface area (Å²) in [6.07, 6.45) is 0. The number of thioether (sulfide) groups is 1. The number of ketones is 1. The van der Waals surface area contributed by atoms with Crippen molar-refractivity contribution in [3.63, 3.8) is 0 Å². The summed E-state index contributed by atoms with van der Waals surface area (Å²) in [5.41, 5.74) is 3.08. The molecule has 0 radical (unpaired) electrons. The van der Waals surface area contributed by atoms with Crippen LogP contribution in [0, 0.1) is 17.2 Å². The first-order chi connectivity index (χ1) is 19.4. The van der Waals surface area contributed by atoms with Crippen LogP contribution >= 0.6 is 11.8 Å². The number of benzene rings is 3. The number of nitrogens with one attached hydrogen (secondary N) is 2. The van der Waals surface area contributed by atoms with E-state index in [1.165, 1.54) is 11.8 Å². The first-order valence-electron chi connectivity index (χ1n) is 12.1. The minimum Gasteiger partial charge on any atom is -0.480 e. The number of Topliss-reactive ketones (excluding diaryl/α,β-unsaturated/α-hetero) is 1. The second kappa shape index (κ2) is 11.3. The van der Waals surface area contributed by atoms with Crippen LogP contribution in [0.5, 0.6) is 0 Å². The summed E-state index contributed by atoms with van der Waals surface area (Å²) in [7, 11) is 0. The lowest BCUT2D eigenvalue weighted by atomic mass is 9.96. The molecule has 5 rings (SSSR count). The number of nitriles is 1. The maximum absolute atomic E-state index is 13.7. The number of hydrogen-bond donors (Lipinski definition) is 3. The van der Waals surface area contributed by atoms with Crippen LogP contribution in [-0.2, 0) is 15.3 Å². The number of aliphatic carboxylic acids is 1. The van der Waals surface area contributed by atoms with Crippen molar-refractivity contribution >= 4 is 41.0 Å². The van der Waals surface area contributed by atoms with Gasteiger partial charge in [-0.15, -0.1) is 11.8 Å². The Morgan fingerprint density at radius 3 is 2.38 bits per heavy atom. The van der Waals surface area contributed by atoms with Gasteiger partial charge in [-0.2, -0.15) is 10.4 Å². The summed E-state index contributed by atoms with van der Waals surface area (Å²) in [5, 5.41) is 28.4. The lowest BCUT2D eigenvalue weighted by Gasteiger charge is -2.21. The Morgan fingerprint density at radius 1 is 1.00 bits per heavy atom. The maximum Gasteiger partial charge on any atom is 0.322 e. The first-order valence-corrected chi connectivity index (χ1v) is 13.1. The van der Waals surface area contributed by atoms with Gasteiger partial charge in [0.05, 0.1) is 23.0 Å². The van der Waals surface area contributed by atoms with Crippen LogP contribution in [0.15, 0.2) is 83.8 Å². The molecular formula is C29H21N5O5S. The molecule has 4 aromatic rings. The smallest absolute Gasteiger partial charge is 0.322 e. The Balaban J connectivity index is 1.59. The molecule has 3 N–H and O–H groups in total. The average molecular weight is 552 g/mol. The van der Waals surface area contributed by atoms with Crippen LogP contribution < -0.4 is 10.6 Å². The van der Waals surface area contributed by atoms with Crippen molar-refractivity contribution in [1.82, 2.24) is 15.1 Å². The van der Waals surface area contributed by atoms with E-state index in [1.54, 1.807) is 65.3 Å². The van der Waals surface area contributed by atoms with Gasteiger partial charge in [-0.1, -0.05) is 48.5 Å². The second-order valence-electron chi connectivity index (χ2n) is 8.75. The number of amides is 2. The molecule has 11 heteroatoms. The SMILES string of the molecule is N#CC(C(=O)Nc1ccccc1)C(=O)c1nn(-c2ccccc2)c2c1CSc1c(C(=O)NCC(=O)O)cccc1-2. The molecule has 0 spiro atoms. The minimum absolute atomic E-state index is 0.00695. The Labute approximate surface area is 232 Å². The van der Waals surface area contributed by atoms with E-state index >= 15 is 0 Å². The lowest BCUT2D eigenvalue weighted by Crippen LogP contribution is -2.30.